The Labute approximate surface area is 401 Å². The Morgan fingerprint density at radius 1 is 0.391 bits per heavy atom. The number of piperazine rings is 1. The molecule has 0 aromatic carbocycles. The normalized spacial score (nSPS) is 14.2. The zero-order valence-corrected chi connectivity index (χ0v) is 44.4. The van der Waals surface area contributed by atoms with Gasteiger partial charge in [0.2, 0.25) is 5.91 Å². The van der Waals surface area contributed by atoms with Crippen LogP contribution in [0, 0.1) is 0 Å². The van der Waals surface area contributed by atoms with Gasteiger partial charge in [0.15, 0.2) is 0 Å². The van der Waals surface area contributed by atoms with E-state index in [0.717, 1.165) is 71.7 Å². The second-order valence-electron chi connectivity index (χ2n) is 20.4. The largest absolute Gasteiger partial charge is 0.340 e. The van der Waals surface area contributed by atoms with Gasteiger partial charge in [-0.3, -0.25) is 14.6 Å². The minimum absolute atomic E-state index is 0.164. The summed E-state index contributed by atoms with van der Waals surface area (Å²) in [5.41, 5.74) is 0. The molecule has 380 valence electrons. The van der Waals surface area contributed by atoms with Crippen molar-refractivity contribution in [3.63, 3.8) is 0 Å². The summed E-state index contributed by atoms with van der Waals surface area (Å²) in [6, 6.07) is 0. The van der Waals surface area contributed by atoms with Crippen molar-refractivity contribution in [2.45, 2.75) is 278 Å². The quantitative estimate of drug-likeness (QED) is 0.0448. The standard InChI is InChI=1S/C57H115N5O2/c1-6-11-16-21-26-31-36-43-58(44-37-32-27-22-17-12-7-2)49-50-59(45-38-33-28-23-18-13-8-3)48-41-57(64)62-53-51-61(52-54-62)56(42-55-63)60(46-39-34-29-24-19-14-9-4)47-40-35-30-25-20-15-10-5/h55-56H,6-54H2,1-5H3/t56-/m0/s1. The van der Waals surface area contributed by atoms with Gasteiger partial charge in [-0.05, 0) is 64.8 Å². The van der Waals surface area contributed by atoms with Gasteiger partial charge >= 0.3 is 0 Å². The Hall–Kier alpha value is -1.02. The fourth-order valence-corrected chi connectivity index (χ4v) is 10.1. The smallest absolute Gasteiger partial charge is 0.223 e. The molecule has 1 rings (SSSR count). The van der Waals surface area contributed by atoms with Gasteiger partial charge in [-0.1, -0.05) is 227 Å². The highest BCUT2D eigenvalue weighted by Gasteiger charge is 2.29. The third kappa shape index (κ3) is 35.2. The van der Waals surface area contributed by atoms with Crippen molar-refractivity contribution in [2.75, 3.05) is 78.5 Å². The molecule has 0 unspecified atom stereocenters. The molecule has 0 bridgehead atoms. The summed E-state index contributed by atoms with van der Waals surface area (Å²) in [5.74, 6) is 0.335. The first-order valence-electron chi connectivity index (χ1n) is 29.2. The second kappa shape index (κ2) is 47.1. The van der Waals surface area contributed by atoms with Gasteiger partial charge in [-0.15, -0.1) is 0 Å². The van der Waals surface area contributed by atoms with E-state index >= 15 is 0 Å². The van der Waals surface area contributed by atoms with Crippen LogP contribution >= 0.6 is 0 Å². The molecule has 0 saturated carbocycles. The maximum Gasteiger partial charge on any atom is 0.223 e. The monoisotopic (exact) mass is 902 g/mol. The number of amides is 1. The number of hydrogen-bond acceptors (Lipinski definition) is 6. The van der Waals surface area contributed by atoms with Gasteiger partial charge in [0, 0.05) is 58.7 Å². The first-order valence-corrected chi connectivity index (χ1v) is 29.2. The van der Waals surface area contributed by atoms with E-state index in [-0.39, 0.29) is 6.17 Å². The second-order valence-corrected chi connectivity index (χ2v) is 20.4. The molecule has 7 nitrogen and oxygen atoms in total. The predicted octanol–water partition coefficient (Wildman–Crippen LogP) is 15.1. The van der Waals surface area contributed by atoms with Crippen LogP contribution in [-0.2, 0) is 9.59 Å². The van der Waals surface area contributed by atoms with Crippen LogP contribution in [0.1, 0.15) is 272 Å². The summed E-state index contributed by atoms with van der Waals surface area (Å²) in [6.45, 7) is 23.7. The number of carbonyl (C=O) groups is 2. The van der Waals surface area contributed by atoms with Crippen LogP contribution in [-0.4, -0.2) is 121 Å². The van der Waals surface area contributed by atoms with E-state index in [9.17, 15) is 9.59 Å². The van der Waals surface area contributed by atoms with Crippen molar-refractivity contribution < 1.29 is 9.59 Å². The van der Waals surface area contributed by atoms with Gasteiger partial charge in [0.1, 0.15) is 6.29 Å². The van der Waals surface area contributed by atoms with Crippen molar-refractivity contribution >= 4 is 12.2 Å². The Bertz CT molecular complexity index is 938. The molecule has 1 atom stereocenters. The van der Waals surface area contributed by atoms with Crippen LogP contribution in [0.3, 0.4) is 0 Å². The summed E-state index contributed by atoms with van der Waals surface area (Å²) in [5, 5.41) is 0. The van der Waals surface area contributed by atoms with Gasteiger partial charge in [0.05, 0.1) is 6.17 Å². The Morgan fingerprint density at radius 2 is 0.688 bits per heavy atom. The van der Waals surface area contributed by atoms with Crippen LogP contribution in [0.2, 0.25) is 0 Å². The van der Waals surface area contributed by atoms with E-state index in [2.05, 4.69) is 59.1 Å². The van der Waals surface area contributed by atoms with Crippen LogP contribution in [0.5, 0.6) is 0 Å². The molecule has 7 heteroatoms. The lowest BCUT2D eigenvalue weighted by atomic mass is 10.1. The third-order valence-electron chi connectivity index (χ3n) is 14.5. The summed E-state index contributed by atoms with van der Waals surface area (Å²) in [6.07, 6.45) is 49.5. The van der Waals surface area contributed by atoms with Crippen LogP contribution in [0.25, 0.3) is 0 Å². The first-order chi connectivity index (χ1) is 31.5. The molecule has 1 aliphatic rings. The summed E-state index contributed by atoms with van der Waals surface area (Å²) in [7, 11) is 0. The maximum atomic E-state index is 13.9. The summed E-state index contributed by atoms with van der Waals surface area (Å²) >= 11 is 0. The molecule has 0 aromatic heterocycles. The molecule has 0 spiro atoms. The van der Waals surface area contributed by atoms with Gasteiger partial charge in [-0.2, -0.15) is 0 Å². The minimum atomic E-state index is 0.164. The van der Waals surface area contributed by atoms with Gasteiger partial charge < -0.3 is 19.5 Å². The van der Waals surface area contributed by atoms with Crippen molar-refractivity contribution in [1.29, 1.82) is 0 Å². The van der Waals surface area contributed by atoms with E-state index in [1.54, 1.807) is 0 Å². The van der Waals surface area contributed by atoms with E-state index < -0.39 is 0 Å². The molecule has 0 N–H and O–H groups in total. The zero-order valence-electron chi connectivity index (χ0n) is 44.4. The minimum Gasteiger partial charge on any atom is -0.340 e. The fourth-order valence-electron chi connectivity index (χ4n) is 10.1. The molecule has 0 aliphatic carbocycles. The molecule has 1 saturated heterocycles. The zero-order chi connectivity index (χ0) is 46.4. The molecule has 64 heavy (non-hydrogen) atoms. The molecule has 1 fully saturated rings. The Morgan fingerprint density at radius 3 is 1.02 bits per heavy atom. The number of unbranched alkanes of at least 4 members (excludes halogenated alkanes) is 30. The van der Waals surface area contributed by atoms with Crippen molar-refractivity contribution in [3.05, 3.63) is 0 Å². The topological polar surface area (TPSA) is 50.3 Å². The highest BCUT2D eigenvalue weighted by molar-refractivity contribution is 5.76. The lowest BCUT2D eigenvalue weighted by Gasteiger charge is -2.43. The molecule has 1 aliphatic heterocycles. The lowest BCUT2D eigenvalue weighted by Crippen LogP contribution is -2.57. The van der Waals surface area contributed by atoms with Crippen LogP contribution < -0.4 is 0 Å². The number of carbonyl (C=O) groups excluding carboxylic acids is 2. The average molecular weight is 903 g/mol. The molecule has 0 radical (unpaired) electrons. The van der Waals surface area contributed by atoms with E-state index in [1.165, 1.54) is 238 Å². The molecule has 1 amide bonds. The average Bonchev–Trinajstić information content (AvgIpc) is 3.31. The molecule has 0 aromatic rings. The Kier molecular flexibility index (Phi) is 44.9. The molecular formula is C57H115N5O2. The summed E-state index contributed by atoms with van der Waals surface area (Å²) in [4.78, 5) is 38.9. The van der Waals surface area contributed by atoms with Crippen LogP contribution in [0.15, 0.2) is 0 Å². The molecular weight excluding hydrogens is 787 g/mol. The molecule has 1 heterocycles. The highest BCUT2D eigenvalue weighted by atomic mass is 16.2. The van der Waals surface area contributed by atoms with E-state index in [4.69, 9.17) is 0 Å². The number of hydrogen-bond donors (Lipinski definition) is 0. The van der Waals surface area contributed by atoms with Gasteiger partial charge in [0.25, 0.3) is 0 Å². The fraction of sp³-hybridized carbons (Fsp3) is 0.965. The van der Waals surface area contributed by atoms with Crippen molar-refractivity contribution in [2.24, 2.45) is 0 Å². The van der Waals surface area contributed by atoms with Crippen molar-refractivity contribution in [1.82, 2.24) is 24.5 Å². The van der Waals surface area contributed by atoms with Gasteiger partial charge in [-0.25, -0.2) is 0 Å². The Balaban J connectivity index is 2.85. The number of aldehydes is 1. The maximum absolute atomic E-state index is 13.9. The first kappa shape index (κ1) is 61.0. The third-order valence-corrected chi connectivity index (χ3v) is 14.5. The summed E-state index contributed by atoms with van der Waals surface area (Å²) < 4.78 is 0. The van der Waals surface area contributed by atoms with E-state index in [1.807, 2.05) is 0 Å². The number of nitrogens with zero attached hydrogens (tertiary/aromatic N) is 5. The lowest BCUT2D eigenvalue weighted by molar-refractivity contribution is -0.134. The van der Waals surface area contributed by atoms with Crippen molar-refractivity contribution in [3.8, 4) is 0 Å². The van der Waals surface area contributed by atoms with E-state index in [0.29, 0.717) is 18.7 Å². The highest BCUT2D eigenvalue weighted by Crippen LogP contribution is 2.19. The van der Waals surface area contributed by atoms with Crippen LogP contribution in [0.4, 0.5) is 0 Å². The SMILES string of the molecule is CCCCCCCCCN(CCCCCCCCC)CCN(CCCCCCCCC)CCC(=O)N1CCN([C@@H](CC=O)N(CCCCCCCCC)CCCCCCCCC)CC1. The number of rotatable bonds is 50. The predicted molar refractivity (Wildman–Crippen MR) is 282 cm³/mol.